The summed E-state index contributed by atoms with van der Waals surface area (Å²) in [6.45, 7) is 2.43. The second kappa shape index (κ2) is 8.67. The van der Waals surface area contributed by atoms with Gasteiger partial charge in [0.1, 0.15) is 0 Å². The third kappa shape index (κ3) is 4.16. The molecule has 0 spiro atoms. The van der Waals surface area contributed by atoms with Gasteiger partial charge in [0.05, 0.1) is 27.9 Å². The maximum atomic E-state index is 12.8. The van der Waals surface area contributed by atoms with E-state index in [-0.39, 0.29) is 18.6 Å². The second-order valence-electron chi connectivity index (χ2n) is 7.94. The Morgan fingerprint density at radius 1 is 1.25 bits per heavy atom. The number of imidazole rings is 1. The van der Waals surface area contributed by atoms with Crippen molar-refractivity contribution in [3.63, 3.8) is 0 Å². The number of likely N-dealkylation sites (tertiary alicyclic amines) is 1. The van der Waals surface area contributed by atoms with Gasteiger partial charge < -0.3 is 20.3 Å². The third-order valence-corrected chi connectivity index (χ3v) is 6.90. The maximum Gasteiger partial charge on any atom is 0.251 e. The molecule has 1 aliphatic heterocycles. The average Bonchev–Trinajstić information content (AvgIpc) is 3.46. The number of aliphatic hydroxyl groups excluding tert-OH is 1. The Kier molecular flexibility index (Phi) is 5.73. The van der Waals surface area contributed by atoms with Gasteiger partial charge in [0, 0.05) is 43.3 Å². The van der Waals surface area contributed by atoms with Crippen molar-refractivity contribution in [2.75, 3.05) is 31.6 Å². The normalized spacial score (nSPS) is 16.8. The lowest BCUT2D eigenvalue weighted by Crippen LogP contribution is -2.37. The summed E-state index contributed by atoms with van der Waals surface area (Å²) in [4.78, 5) is 24.2. The highest BCUT2D eigenvalue weighted by Crippen LogP contribution is 2.31. The van der Waals surface area contributed by atoms with Gasteiger partial charge in [-0.3, -0.25) is 9.69 Å². The summed E-state index contributed by atoms with van der Waals surface area (Å²) in [6.07, 6.45) is 0.888. The first-order valence-electron chi connectivity index (χ1n) is 10.4. The topological polar surface area (TPSA) is 95.3 Å². The minimum atomic E-state index is -0.106. The summed E-state index contributed by atoms with van der Waals surface area (Å²) in [7, 11) is 1.93. The van der Waals surface area contributed by atoms with Crippen LogP contribution < -0.4 is 10.6 Å². The Hall–Kier alpha value is -2.72. The number of thiazole rings is 1. The molecule has 1 fully saturated rings. The molecule has 5 rings (SSSR count). The number of hydrogen-bond acceptors (Lipinski definition) is 7. The molecule has 0 saturated carbocycles. The van der Waals surface area contributed by atoms with Crippen molar-refractivity contribution in [1.29, 1.82) is 0 Å². The van der Waals surface area contributed by atoms with Crippen LogP contribution in [-0.4, -0.2) is 62.7 Å². The molecule has 1 saturated heterocycles. The van der Waals surface area contributed by atoms with Crippen LogP contribution >= 0.6 is 22.9 Å². The van der Waals surface area contributed by atoms with E-state index in [1.165, 1.54) is 11.3 Å². The first kappa shape index (κ1) is 21.1. The molecule has 10 heteroatoms. The maximum absolute atomic E-state index is 12.8. The molecular formula is C22H23ClN6O2S. The molecule has 1 unspecified atom stereocenters. The number of aliphatic hydroxyl groups is 1. The number of nitrogens with one attached hydrogen (secondary N) is 2. The Bertz CT molecular complexity index is 1300. The van der Waals surface area contributed by atoms with Crippen LogP contribution in [0.4, 0.5) is 11.1 Å². The fourth-order valence-corrected chi connectivity index (χ4v) is 5.20. The molecule has 3 heterocycles. The summed E-state index contributed by atoms with van der Waals surface area (Å²) >= 11 is 7.59. The summed E-state index contributed by atoms with van der Waals surface area (Å²) in [6, 6.07) is 11.3. The predicted molar refractivity (Wildman–Crippen MR) is 128 cm³/mol. The molecule has 2 aromatic heterocycles. The zero-order valence-electron chi connectivity index (χ0n) is 17.5. The highest BCUT2D eigenvalue weighted by molar-refractivity contribution is 7.22. The van der Waals surface area contributed by atoms with E-state index in [1.807, 2.05) is 48.0 Å². The van der Waals surface area contributed by atoms with Crippen LogP contribution in [0.1, 0.15) is 16.8 Å². The van der Waals surface area contributed by atoms with E-state index in [0.717, 1.165) is 45.9 Å². The minimum absolute atomic E-state index is 0.0956. The van der Waals surface area contributed by atoms with Gasteiger partial charge >= 0.3 is 0 Å². The SMILES string of the molecule is Cn1c(Nc2nc3ccc(Cl)cc3s2)nc2cc(C(=O)NC3CCN(CCO)C3)ccc21. The van der Waals surface area contributed by atoms with Gasteiger partial charge in [0.15, 0.2) is 5.13 Å². The summed E-state index contributed by atoms with van der Waals surface area (Å²) < 4.78 is 2.95. The van der Waals surface area contributed by atoms with Crippen LogP contribution in [0.5, 0.6) is 0 Å². The number of halogens is 1. The van der Waals surface area contributed by atoms with Crippen molar-refractivity contribution in [1.82, 2.24) is 24.8 Å². The van der Waals surface area contributed by atoms with Crippen molar-refractivity contribution in [3.05, 3.63) is 47.0 Å². The molecular weight excluding hydrogens is 448 g/mol. The summed E-state index contributed by atoms with van der Waals surface area (Å²) in [5.74, 6) is 0.545. The minimum Gasteiger partial charge on any atom is -0.395 e. The number of hydrogen-bond donors (Lipinski definition) is 3. The lowest BCUT2D eigenvalue weighted by atomic mass is 10.1. The molecule has 4 aromatic rings. The number of anilines is 2. The summed E-state index contributed by atoms with van der Waals surface area (Å²) in [5, 5.41) is 16.9. The fraction of sp³-hybridized carbons (Fsp3) is 0.318. The van der Waals surface area contributed by atoms with Gasteiger partial charge in [-0.25, -0.2) is 9.97 Å². The summed E-state index contributed by atoms with van der Waals surface area (Å²) in [5.41, 5.74) is 3.12. The monoisotopic (exact) mass is 470 g/mol. The molecule has 1 atom stereocenters. The van der Waals surface area contributed by atoms with E-state index in [1.54, 1.807) is 0 Å². The molecule has 32 heavy (non-hydrogen) atoms. The van der Waals surface area contributed by atoms with E-state index < -0.39 is 0 Å². The highest BCUT2D eigenvalue weighted by atomic mass is 35.5. The van der Waals surface area contributed by atoms with Crippen LogP contribution in [0.2, 0.25) is 5.02 Å². The first-order chi connectivity index (χ1) is 15.5. The van der Waals surface area contributed by atoms with Crippen molar-refractivity contribution in [2.45, 2.75) is 12.5 Å². The van der Waals surface area contributed by atoms with Crippen molar-refractivity contribution < 1.29 is 9.90 Å². The average molecular weight is 471 g/mol. The van der Waals surface area contributed by atoms with Crippen LogP contribution in [0.3, 0.4) is 0 Å². The lowest BCUT2D eigenvalue weighted by Gasteiger charge is -2.15. The number of benzene rings is 2. The zero-order valence-corrected chi connectivity index (χ0v) is 19.1. The predicted octanol–water partition coefficient (Wildman–Crippen LogP) is 3.38. The van der Waals surface area contributed by atoms with E-state index in [9.17, 15) is 4.79 Å². The van der Waals surface area contributed by atoms with Gasteiger partial charge in [0.25, 0.3) is 5.91 Å². The van der Waals surface area contributed by atoms with Gasteiger partial charge in [-0.05, 0) is 42.8 Å². The number of β-amino-alcohol motifs (C(OH)–C–C–N with tert-alkyl or cyclic N) is 1. The number of carbonyl (C=O) groups is 1. The molecule has 8 nitrogen and oxygen atoms in total. The largest absolute Gasteiger partial charge is 0.395 e. The first-order valence-corrected chi connectivity index (χ1v) is 11.6. The Morgan fingerprint density at radius 3 is 2.97 bits per heavy atom. The van der Waals surface area contributed by atoms with Crippen LogP contribution in [0.15, 0.2) is 36.4 Å². The Morgan fingerprint density at radius 2 is 2.12 bits per heavy atom. The van der Waals surface area contributed by atoms with E-state index in [0.29, 0.717) is 23.1 Å². The third-order valence-electron chi connectivity index (χ3n) is 5.74. The molecule has 166 valence electrons. The lowest BCUT2D eigenvalue weighted by molar-refractivity contribution is 0.0937. The second-order valence-corrected chi connectivity index (χ2v) is 9.40. The zero-order chi connectivity index (χ0) is 22.2. The van der Waals surface area contributed by atoms with Crippen LogP contribution in [0, 0.1) is 0 Å². The smallest absolute Gasteiger partial charge is 0.251 e. The molecule has 0 radical (unpaired) electrons. The van der Waals surface area contributed by atoms with Gasteiger partial charge in [-0.15, -0.1) is 0 Å². The number of nitrogens with zero attached hydrogens (tertiary/aromatic N) is 4. The van der Waals surface area contributed by atoms with Crippen molar-refractivity contribution in [2.24, 2.45) is 7.05 Å². The quantitative estimate of drug-likeness (QED) is 0.400. The fourth-order valence-electron chi connectivity index (χ4n) is 4.06. The van der Waals surface area contributed by atoms with Crippen molar-refractivity contribution >= 4 is 61.2 Å². The molecule has 1 amide bonds. The van der Waals surface area contributed by atoms with Gasteiger partial charge in [-0.2, -0.15) is 0 Å². The van der Waals surface area contributed by atoms with Crippen molar-refractivity contribution in [3.8, 4) is 0 Å². The van der Waals surface area contributed by atoms with E-state index >= 15 is 0 Å². The van der Waals surface area contributed by atoms with Gasteiger partial charge in [-0.1, -0.05) is 22.9 Å². The number of fused-ring (bicyclic) bond motifs is 2. The van der Waals surface area contributed by atoms with Gasteiger partial charge in [0.2, 0.25) is 5.95 Å². The number of aromatic nitrogens is 3. The molecule has 3 N–H and O–H groups in total. The molecule has 1 aliphatic rings. The number of amides is 1. The van der Waals surface area contributed by atoms with E-state index in [2.05, 4.69) is 25.5 Å². The number of carbonyl (C=O) groups excluding carboxylic acids is 1. The highest BCUT2D eigenvalue weighted by Gasteiger charge is 2.24. The number of aryl methyl sites for hydroxylation is 1. The van der Waals surface area contributed by atoms with Crippen LogP contribution in [-0.2, 0) is 7.05 Å². The standard InChI is InChI=1S/C22H23ClN6O2S/c1-28-18-5-2-13(20(31)24-15-6-7-29(12-15)8-9-30)10-17(18)25-21(28)27-22-26-16-4-3-14(23)11-19(16)32-22/h2-5,10-11,15,30H,6-9,12H2,1H3,(H,24,31)(H,25,26,27). The van der Waals surface area contributed by atoms with Crippen LogP contribution in [0.25, 0.3) is 21.3 Å². The Balaban J connectivity index is 1.34. The number of rotatable bonds is 6. The molecule has 0 aliphatic carbocycles. The Labute approximate surface area is 193 Å². The molecule has 2 aromatic carbocycles. The van der Waals surface area contributed by atoms with E-state index in [4.69, 9.17) is 16.7 Å². The molecule has 0 bridgehead atoms.